The van der Waals surface area contributed by atoms with Gasteiger partial charge in [-0.2, -0.15) is 0 Å². The second-order valence-corrected chi connectivity index (χ2v) is 10.4. The summed E-state index contributed by atoms with van der Waals surface area (Å²) < 4.78 is 0.613. The first-order valence-corrected chi connectivity index (χ1v) is 14.4. The molecule has 0 aromatic rings. The maximum atomic E-state index is 11.0. The number of rotatable bonds is 28. The molecule has 210 valence electrons. The predicted molar refractivity (Wildman–Crippen MR) is 143 cm³/mol. The largest absolute Gasteiger partial charge is 0.550 e. The second kappa shape index (κ2) is 23.5. The number of hydrogen-bond acceptors (Lipinski definition) is 4. The molecule has 0 bridgehead atoms. The van der Waals surface area contributed by atoms with E-state index in [-0.39, 0.29) is 19.3 Å². The van der Waals surface area contributed by atoms with Crippen LogP contribution in [0.25, 0.3) is 0 Å². The molecular formula is C29H53NO6. The van der Waals surface area contributed by atoms with Gasteiger partial charge in [0, 0.05) is 25.2 Å². The van der Waals surface area contributed by atoms with E-state index in [2.05, 4.69) is 6.58 Å². The smallest absolute Gasteiger partial charge is 0.303 e. The first-order chi connectivity index (χ1) is 17.3. The molecule has 0 aliphatic heterocycles. The number of hydrogen-bond donors (Lipinski definition) is 2. The molecule has 0 saturated carbocycles. The maximum Gasteiger partial charge on any atom is 0.303 e. The summed E-state index contributed by atoms with van der Waals surface area (Å²) in [5, 5.41) is 29.0. The SMILES string of the molecule is C=CCCCCCCCCCCCCCCC[N+](CCCC(=O)[O-])(CCCC(=O)O)CCCC(=O)O. The van der Waals surface area contributed by atoms with Crippen LogP contribution in [0.15, 0.2) is 12.7 Å². The third-order valence-electron chi connectivity index (χ3n) is 7.10. The topological polar surface area (TPSA) is 115 Å². The number of aliphatic carboxylic acids is 3. The number of allylic oxidation sites excluding steroid dienone is 1. The molecule has 0 heterocycles. The summed E-state index contributed by atoms with van der Waals surface area (Å²) in [6, 6.07) is 0. The van der Waals surface area contributed by atoms with Crippen molar-refractivity contribution in [3.8, 4) is 0 Å². The van der Waals surface area contributed by atoms with Crippen LogP contribution in [0.4, 0.5) is 0 Å². The molecule has 0 unspecified atom stereocenters. The fourth-order valence-corrected chi connectivity index (χ4v) is 5.04. The van der Waals surface area contributed by atoms with Crippen LogP contribution in [0.1, 0.15) is 128 Å². The Bertz CT molecular complexity index is 542. The lowest BCUT2D eigenvalue weighted by atomic mass is 10.0. The van der Waals surface area contributed by atoms with Crippen molar-refractivity contribution in [2.75, 3.05) is 26.2 Å². The van der Waals surface area contributed by atoms with Gasteiger partial charge in [-0.15, -0.1) is 6.58 Å². The molecule has 0 rings (SSSR count). The van der Waals surface area contributed by atoms with Gasteiger partial charge in [-0.3, -0.25) is 9.59 Å². The lowest BCUT2D eigenvalue weighted by Crippen LogP contribution is -2.51. The highest BCUT2D eigenvalue weighted by Crippen LogP contribution is 2.19. The van der Waals surface area contributed by atoms with Gasteiger partial charge >= 0.3 is 11.9 Å². The number of nitrogens with zero attached hydrogens (tertiary/aromatic N) is 1. The third kappa shape index (κ3) is 22.6. The normalized spacial score (nSPS) is 11.4. The van der Waals surface area contributed by atoms with Crippen LogP contribution in [0.5, 0.6) is 0 Å². The first kappa shape index (κ1) is 34.1. The molecule has 2 N–H and O–H groups in total. The molecule has 0 fully saturated rings. The van der Waals surface area contributed by atoms with Crippen molar-refractivity contribution in [1.82, 2.24) is 0 Å². The van der Waals surface area contributed by atoms with Crippen LogP contribution >= 0.6 is 0 Å². The van der Waals surface area contributed by atoms with Crippen molar-refractivity contribution in [2.24, 2.45) is 0 Å². The van der Waals surface area contributed by atoms with E-state index in [4.69, 9.17) is 10.2 Å². The highest BCUT2D eigenvalue weighted by Gasteiger charge is 2.26. The second-order valence-electron chi connectivity index (χ2n) is 10.4. The van der Waals surface area contributed by atoms with Crippen LogP contribution in [0.3, 0.4) is 0 Å². The molecule has 7 nitrogen and oxygen atoms in total. The highest BCUT2D eigenvalue weighted by atomic mass is 16.4. The lowest BCUT2D eigenvalue weighted by molar-refractivity contribution is -0.929. The summed E-state index contributed by atoms with van der Waals surface area (Å²) in [7, 11) is 0. The van der Waals surface area contributed by atoms with E-state index >= 15 is 0 Å². The van der Waals surface area contributed by atoms with Gasteiger partial charge in [-0.25, -0.2) is 0 Å². The van der Waals surface area contributed by atoms with Crippen molar-refractivity contribution in [3.05, 3.63) is 12.7 Å². The fraction of sp³-hybridized carbons (Fsp3) is 0.828. The monoisotopic (exact) mass is 511 g/mol. The zero-order valence-electron chi connectivity index (χ0n) is 22.7. The molecule has 0 aliphatic carbocycles. The van der Waals surface area contributed by atoms with Crippen molar-refractivity contribution in [2.45, 2.75) is 128 Å². The zero-order chi connectivity index (χ0) is 26.9. The minimum Gasteiger partial charge on any atom is -0.550 e. The molecule has 0 spiro atoms. The van der Waals surface area contributed by atoms with Gasteiger partial charge in [0.25, 0.3) is 0 Å². The minimum absolute atomic E-state index is 0.0207. The van der Waals surface area contributed by atoms with Gasteiger partial charge in [0.05, 0.1) is 39.0 Å². The number of carbonyl (C=O) groups excluding carboxylic acids is 1. The van der Waals surface area contributed by atoms with Crippen molar-refractivity contribution in [3.63, 3.8) is 0 Å². The van der Waals surface area contributed by atoms with Gasteiger partial charge in [-0.1, -0.05) is 70.3 Å². The van der Waals surface area contributed by atoms with Crippen molar-refractivity contribution >= 4 is 17.9 Å². The molecule has 0 saturated heterocycles. The Balaban J connectivity index is 4.29. The van der Waals surface area contributed by atoms with Gasteiger partial charge in [0.2, 0.25) is 0 Å². The third-order valence-corrected chi connectivity index (χ3v) is 7.10. The average molecular weight is 512 g/mol. The van der Waals surface area contributed by atoms with E-state index in [0.29, 0.717) is 43.4 Å². The van der Waals surface area contributed by atoms with Gasteiger partial charge in [0.15, 0.2) is 0 Å². The number of quaternary nitrogens is 1. The Kier molecular flexibility index (Phi) is 22.3. The average Bonchev–Trinajstić information content (AvgIpc) is 2.80. The van der Waals surface area contributed by atoms with Gasteiger partial charge < -0.3 is 24.6 Å². The van der Waals surface area contributed by atoms with E-state index < -0.39 is 17.9 Å². The van der Waals surface area contributed by atoms with E-state index in [1.165, 1.54) is 70.6 Å². The molecule has 0 aromatic carbocycles. The minimum atomic E-state index is -1.08. The predicted octanol–water partition coefficient (Wildman–Crippen LogP) is 5.71. The molecule has 0 aromatic heterocycles. The van der Waals surface area contributed by atoms with Crippen LogP contribution in [-0.4, -0.2) is 58.8 Å². The summed E-state index contributed by atoms with van der Waals surface area (Å²) in [4.78, 5) is 33.0. The quantitative estimate of drug-likeness (QED) is 0.0790. The summed E-state index contributed by atoms with van der Waals surface area (Å²) in [6.07, 6.45) is 21.1. The lowest BCUT2D eigenvalue weighted by Gasteiger charge is -2.39. The fourth-order valence-electron chi connectivity index (χ4n) is 5.04. The molecular weight excluding hydrogens is 458 g/mol. The molecule has 7 heteroatoms. The first-order valence-electron chi connectivity index (χ1n) is 14.4. The van der Waals surface area contributed by atoms with Gasteiger partial charge in [0.1, 0.15) is 0 Å². The standard InChI is InChI=1S/C29H53NO6/c1-2-3-4-5-6-7-8-9-10-11-12-13-14-15-16-23-30(24-17-20-27(31)32,25-18-21-28(33)34)26-19-22-29(35)36/h2H,1,3-26H2,(H2-,31,32,33,34,35,36). The number of carboxylic acids is 3. The van der Waals surface area contributed by atoms with E-state index in [1.807, 2.05) is 6.08 Å². The Labute approximate surface area is 219 Å². The van der Waals surface area contributed by atoms with E-state index in [0.717, 1.165) is 25.8 Å². The maximum absolute atomic E-state index is 11.0. The van der Waals surface area contributed by atoms with Crippen LogP contribution in [-0.2, 0) is 14.4 Å². The summed E-state index contributed by atoms with van der Waals surface area (Å²) >= 11 is 0. The van der Waals surface area contributed by atoms with Crippen LogP contribution < -0.4 is 5.11 Å². The number of carboxylic acid groups (broad SMARTS) is 3. The summed E-state index contributed by atoms with van der Waals surface area (Å²) in [6.45, 7) is 6.53. The Hall–Kier alpha value is -1.89. The number of unbranched alkanes of at least 4 members (excludes halogenated alkanes) is 13. The van der Waals surface area contributed by atoms with E-state index in [9.17, 15) is 19.5 Å². The van der Waals surface area contributed by atoms with Crippen molar-refractivity contribution in [1.29, 1.82) is 0 Å². The van der Waals surface area contributed by atoms with E-state index in [1.54, 1.807) is 0 Å². The molecule has 0 aliphatic rings. The summed E-state index contributed by atoms with van der Waals surface area (Å²) in [5.41, 5.74) is 0. The van der Waals surface area contributed by atoms with Gasteiger partial charge in [-0.05, 0) is 32.1 Å². The van der Waals surface area contributed by atoms with Crippen LogP contribution in [0, 0.1) is 0 Å². The highest BCUT2D eigenvalue weighted by molar-refractivity contribution is 5.66. The summed E-state index contributed by atoms with van der Waals surface area (Å²) in [5.74, 6) is -2.75. The molecule has 0 amide bonds. The Morgan fingerprint density at radius 1 is 0.556 bits per heavy atom. The molecule has 0 radical (unpaired) electrons. The van der Waals surface area contributed by atoms with Crippen LogP contribution in [0.2, 0.25) is 0 Å². The Morgan fingerprint density at radius 3 is 1.25 bits per heavy atom. The molecule has 0 atom stereocenters. The number of carbonyl (C=O) groups is 3. The zero-order valence-corrected chi connectivity index (χ0v) is 22.7. The van der Waals surface area contributed by atoms with Crippen molar-refractivity contribution < 1.29 is 34.2 Å². The molecule has 36 heavy (non-hydrogen) atoms. The Morgan fingerprint density at radius 2 is 0.889 bits per heavy atom.